The van der Waals surface area contributed by atoms with Crippen LogP contribution in [0.4, 0.5) is 5.69 Å². The zero-order valence-electron chi connectivity index (χ0n) is 9.26. The van der Waals surface area contributed by atoms with Crippen molar-refractivity contribution in [2.24, 2.45) is 10.2 Å². The minimum atomic E-state index is -0.448. The first-order valence-corrected chi connectivity index (χ1v) is 5.10. The normalized spacial score (nSPS) is 11.3. The molecule has 18 heavy (non-hydrogen) atoms. The van der Waals surface area contributed by atoms with Crippen molar-refractivity contribution in [3.63, 3.8) is 0 Å². The van der Waals surface area contributed by atoms with E-state index >= 15 is 0 Å². The van der Waals surface area contributed by atoms with E-state index < -0.39 is 4.92 Å². The van der Waals surface area contributed by atoms with E-state index in [0.29, 0.717) is 5.76 Å². The van der Waals surface area contributed by atoms with Gasteiger partial charge < -0.3 is 4.42 Å². The van der Waals surface area contributed by atoms with Gasteiger partial charge in [-0.25, -0.2) is 0 Å². The average Bonchev–Trinajstić information content (AvgIpc) is 2.88. The van der Waals surface area contributed by atoms with E-state index in [1.807, 2.05) is 0 Å². The van der Waals surface area contributed by atoms with Gasteiger partial charge in [-0.1, -0.05) is 0 Å². The number of non-ortho nitro benzene ring substituents is 1. The third-order valence-electron chi connectivity index (χ3n) is 2.11. The molecular weight excluding hydrogens is 234 g/mol. The summed E-state index contributed by atoms with van der Waals surface area (Å²) in [6.45, 7) is 0. The molecule has 0 aliphatic heterocycles. The van der Waals surface area contributed by atoms with Crippen LogP contribution >= 0.6 is 0 Å². The lowest BCUT2D eigenvalue weighted by atomic mass is 10.2. The van der Waals surface area contributed by atoms with Crippen molar-refractivity contribution in [2.75, 3.05) is 0 Å². The number of nitro benzene ring substituents is 1. The lowest BCUT2D eigenvalue weighted by Crippen LogP contribution is -1.88. The Morgan fingerprint density at radius 3 is 2.44 bits per heavy atom. The van der Waals surface area contributed by atoms with Gasteiger partial charge in [-0.15, -0.1) is 0 Å². The van der Waals surface area contributed by atoms with Gasteiger partial charge in [-0.2, -0.15) is 10.2 Å². The van der Waals surface area contributed by atoms with Gasteiger partial charge in [-0.3, -0.25) is 10.1 Å². The van der Waals surface area contributed by atoms with Crippen LogP contribution in [-0.4, -0.2) is 17.4 Å². The Labute approximate surface area is 102 Å². The fourth-order valence-corrected chi connectivity index (χ4v) is 1.24. The van der Waals surface area contributed by atoms with Gasteiger partial charge in [0.25, 0.3) is 5.69 Å². The quantitative estimate of drug-likeness (QED) is 0.470. The monoisotopic (exact) mass is 243 g/mol. The number of benzene rings is 1. The Hall–Kier alpha value is -2.76. The molecule has 1 heterocycles. The first-order valence-electron chi connectivity index (χ1n) is 5.10. The van der Waals surface area contributed by atoms with Gasteiger partial charge in [0.2, 0.25) is 0 Å². The number of nitro groups is 1. The summed E-state index contributed by atoms with van der Waals surface area (Å²) in [4.78, 5) is 9.99. The van der Waals surface area contributed by atoms with Gasteiger partial charge in [0.05, 0.1) is 23.6 Å². The van der Waals surface area contributed by atoms with E-state index in [1.54, 1.807) is 30.5 Å². The number of rotatable bonds is 4. The van der Waals surface area contributed by atoms with Crippen LogP contribution < -0.4 is 0 Å². The molecule has 90 valence electrons. The second kappa shape index (κ2) is 5.53. The van der Waals surface area contributed by atoms with Crippen molar-refractivity contribution < 1.29 is 9.34 Å². The Morgan fingerprint density at radius 1 is 1.11 bits per heavy atom. The van der Waals surface area contributed by atoms with Crippen molar-refractivity contribution in [3.05, 3.63) is 64.1 Å². The van der Waals surface area contributed by atoms with E-state index in [9.17, 15) is 10.1 Å². The molecule has 0 aliphatic rings. The lowest BCUT2D eigenvalue weighted by Gasteiger charge is -1.91. The summed E-state index contributed by atoms with van der Waals surface area (Å²) in [5, 5.41) is 18.0. The van der Waals surface area contributed by atoms with Crippen LogP contribution in [0.3, 0.4) is 0 Å². The predicted molar refractivity (Wildman–Crippen MR) is 67.0 cm³/mol. The molecule has 0 saturated carbocycles. The fraction of sp³-hybridized carbons (Fsp3) is 0. The summed E-state index contributed by atoms with van der Waals surface area (Å²) in [6, 6.07) is 9.54. The Bertz CT molecular complexity index is 571. The summed E-state index contributed by atoms with van der Waals surface area (Å²) in [5.41, 5.74) is 0.781. The third kappa shape index (κ3) is 3.11. The molecule has 0 amide bonds. The highest BCUT2D eigenvalue weighted by Gasteiger charge is 2.02. The zero-order valence-corrected chi connectivity index (χ0v) is 9.26. The maximum atomic E-state index is 10.4. The van der Waals surface area contributed by atoms with Crippen LogP contribution in [0.1, 0.15) is 11.3 Å². The first-order chi connectivity index (χ1) is 8.75. The van der Waals surface area contributed by atoms with Crippen LogP contribution in [0, 0.1) is 10.1 Å². The van der Waals surface area contributed by atoms with Gasteiger partial charge in [-0.05, 0) is 29.8 Å². The van der Waals surface area contributed by atoms with Crippen LogP contribution in [0.5, 0.6) is 0 Å². The standard InChI is InChI=1S/C12H9N3O3/c16-15(17)11-5-3-10(4-6-11)8-13-14-9-12-2-1-7-18-12/h1-9H/b13-8-,14-9-. The molecule has 0 aliphatic carbocycles. The Morgan fingerprint density at radius 2 is 1.83 bits per heavy atom. The molecular formula is C12H9N3O3. The lowest BCUT2D eigenvalue weighted by molar-refractivity contribution is -0.384. The maximum absolute atomic E-state index is 10.4. The molecule has 0 N–H and O–H groups in total. The van der Waals surface area contributed by atoms with Crippen molar-refractivity contribution in [3.8, 4) is 0 Å². The van der Waals surface area contributed by atoms with Gasteiger partial charge in [0.1, 0.15) is 5.76 Å². The van der Waals surface area contributed by atoms with Crippen molar-refractivity contribution >= 4 is 18.1 Å². The van der Waals surface area contributed by atoms with E-state index in [2.05, 4.69) is 10.2 Å². The smallest absolute Gasteiger partial charge is 0.269 e. The molecule has 0 radical (unpaired) electrons. The van der Waals surface area contributed by atoms with Crippen molar-refractivity contribution in [1.29, 1.82) is 0 Å². The minimum absolute atomic E-state index is 0.0474. The third-order valence-corrected chi connectivity index (χ3v) is 2.11. The molecule has 6 nitrogen and oxygen atoms in total. The van der Waals surface area contributed by atoms with Crippen LogP contribution in [0.2, 0.25) is 0 Å². The number of furan rings is 1. The molecule has 2 aromatic rings. The first kappa shape index (κ1) is 11.7. The number of nitrogens with zero attached hydrogens (tertiary/aromatic N) is 3. The highest BCUT2D eigenvalue weighted by Crippen LogP contribution is 2.10. The summed E-state index contributed by atoms with van der Waals surface area (Å²) >= 11 is 0. The van der Waals surface area contributed by atoms with Crippen LogP contribution in [0.25, 0.3) is 0 Å². The van der Waals surface area contributed by atoms with E-state index in [-0.39, 0.29) is 5.69 Å². The molecule has 0 spiro atoms. The number of hydrogen-bond acceptors (Lipinski definition) is 5. The van der Waals surface area contributed by atoms with E-state index in [1.165, 1.54) is 24.6 Å². The molecule has 0 saturated heterocycles. The topological polar surface area (TPSA) is 81.0 Å². The average molecular weight is 243 g/mol. The zero-order chi connectivity index (χ0) is 12.8. The predicted octanol–water partition coefficient (Wildman–Crippen LogP) is 2.64. The highest BCUT2D eigenvalue weighted by molar-refractivity contribution is 5.81. The minimum Gasteiger partial charge on any atom is -0.463 e. The summed E-state index contributed by atoms with van der Waals surface area (Å²) in [6.07, 6.45) is 4.52. The summed E-state index contributed by atoms with van der Waals surface area (Å²) < 4.78 is 5.03. The van der Waals surface area contributed by atoms with Crippen molar-refractivity contribution in [2.45, 2.75) is 0 Å². The van der Waals surface area contributed by atoms with Crippen LogP contribution in [-0.2, 0) is 0 Å². The van der Waals surface area contributed by atoms with E-state index in [4.69, 9.17) is 4.42 Å². The fourth-order valence-electron chi connectivity index (χ4n) is 1.24. The van der Waals surface area contributed by atoms with Gasteiger partial charge in [0.15, 0.2) is 0 Å². The molecule has 1 aromatic carbocycles. The second-order valence-electron chi connectivity index (χ2n) is 3.35. The Balaban J connectivity index is 1.99. The molecule has 0 fully saturated rings. The highest BCUT2D eigenvalue weighted by atomic mass is 16.6. The molecule has 6 heteroatoms. The SMILES string of the molecule is O=[N+]([O-])c1ccc(/C=N\N=C/c2ccco2)cc1. The molecule has 1 aromatic heterocycles. The second-order valence-corrected chi connectivity index (χ2v) is 3.35. The van der Waals surface area contributed by atoms with Gasteiger partial charge in [0, 0.05) is 12.1 Å². The van der Waals surface area contributed by atoms with Gasteiger partial charge >= 0.3 is 0 Å². The number of hydrogen-bond donors (Lipinski definition) is 0. The molecule has 0 bridgehead atoms. The Kier molecular flexibility index (Phi) is 3.60. The largest absolute Gasteiger partial charge is 0.463 e. The van der Waals surface area contributed by atoms with Crippen molar-refractivity contribution in [1.82, 2.24) is 0 Å². The van der Waals surface area contributed by atoms with Crippen LogP contribution in [0.15, 0.2) is 57.3 Å². The summed E-state index contributed by atoms with van der Waals surface area (Å²) in [7, 11) is 0. The summed E-state index contributed by atoms with van der Waals surface area (Å²) in [5.74, 6) is 0.607. The molecule has 2 rings (SSSR count). The van der Waals surface area contributed by atoms with E-state index in [0.717, 1.165) is 5.56 Å². The molecule has 0 atom stereocenters. The molecule has 0 unspecified atom stereocenters. The maximum Gasteiger partial charge on any atom is 0.269 e.